The van der Waals surface area contributed by atoms with Gasteiger partial charge in [0.2, 0.25) is 23.5 Å². The van der Waals surface area contributed by atoms with Crippen molar-refractivity contribution in [3.63, 3.8) is 0 Å². The van der Waals surface area contributed by atoms with Gasteiger partial charge in [0.15, 0.2) is 0 Å². The van der Waals surface area contributed by atoms with E-state index < -0.39 is 6.04 Å². The van der Waals surface area contributed by atoms with Crippen LogP contribution in [0.15, 0.2) is 21.3 Å². The number of nitrogens with one attached hydrogen (secondary N) is 2. The Hall–Kier alpha value is -2.22. The second-order valence-electron chi connectivity index (χ2n) is 4.71. The molecule has 0 aliphatic carbocycles. The molecule has 0 radical (unpaired) electrons. The van der Waals surface area contributed by atoms with Gasteiger partial charge in [-0.3, -0.25) is 9.59 Å². The number of carbonyl (C=O) groups is 2. The van der Waals surface area contributed by atoms with Crippen LogP contribution in [0.3, 0.4) is 0 Å². The first-order valence-corrected chi connectivity index (χ1v) is 7.96. The van der Waals surface area contributed by atoms with E-state index >= 15 is 0 Å². The van der Waals surface area contributed by atoms with E-state index in [0.29, 0.717) is 24.7 Å². The highest BCUT2D eigenvalue weighted by Gasteiger charge is 2.16. The Morgan fingerprint density at radius 3 is 2.95 bits per heavy atom. The van der Waals surface area contributed by atoms with Crippen LogP contribution in [0.25, 0.3) is 11.4 Å². The highest BCUT2D eigenvalue weighted by Crippen LogP contribution is 2.18. The van der Waals surface area contributed by atoms with Crippen molar-refractivity contribution in [2.75, 3.05) is 6.54 Å². The zero-order valence-electron chi connectivity index (χ0n) is 12.5. The smallest absolute Gasteiger partial charge is 0.242 e. The van der Waals surface area contributed by atoms with Gasteiger partial charge in [-0.25, -0.2) is 0 Å². The second-order valence-corrected chi connectivity index (χ2v) is 5.49. The topological polar surface area (TPSA) is 97.1 Å². The van der Waals surface area contributed by atoms with Gasteiger partial charge < -0.3 is 15.2 Å². The summed E-state index contributed by atoms with van der Waals surface area (Å²) >= 11 is 1.55. The van der Waals surface area contributed by atoms with Gasteiger partial charge in [-0.05, 0) is 25.3 Å². The summed E-state index contributed by atoms with van der Waals surface area (Å²) in [6.07, 6.45) is 0.528. The molecular formula is C14H18N4O3S. The monoisotopic (exact) mass is 322 g/mol. The van der Waals surface area contributed by atoms with Gasteiger partial charge in [0.1, 0.15) is 6.04 Å². The molecule has 2 aromatic rings. The minimum atomic E-state index is -0.559. The number of hydrogen-bond acceptors (Lipinski definition) is 6. The van der Waals surface area contributed by atoms with E-state index in [1.165, 1.54) is 0 Å². The van der Waals surface area contributed by atoms with E-state index in [4.69, 9.17) is 4.52 Å². The van der Waals surface area contributed by atoms with Crippen LogP contribution in [-0.4, -0.2) is 34.5 Å². The third kappa shape index (κ3) is 4.39. The quantitative estimate of drug-likeness (QED) is 0.802. The molecule has 0 aromatic carbocycles. The van der Waals surface area contributed by atoms with Crippen molar-refractivity contribution in [2.45, 2.75) is 32.7 Å². The molecule has 118 valence electrons. The number of amides is 2. The first-order chi connectivity index (χ1) is 10.6. The van der Waals surface area contributed by atoms with Crippen LogP contribution in [0.2, 0.25) is 0 Å². The van der Waals surface area contributed by atoms with E-state index in [1.54, 1.807) is 18.3 Å². The maximum atomic E-state index is 11.8. The van der Waals surface area contributed by atoms with Crippen molar-refractivity contribution in [3.05, 3.63) is 22.7 Å². The zero-order valence-corrected chi connectivity index (χ0v) is 13.3. The van der Waals surface area contributed by atoms with Crippen LogP contribution >= 0.6 is 11.3 Å². The van der Waals surface area contributed by atoms with Crippen LogP contribution in [0.4, 0.5) is 0 Å². The predicted molar refractivity (Wildman–Crippen MR) is 82.2 cm³/mol. The van der Waals surface area contributed by atoms with Crippen molar-refractivity contribution in [1.29, 1.82) is 0 Å². The van der Waals surface area contributed by atoms with Crippen molar-refractivity contribution >= 4 is 23.2 Å². The molecule has 7 nitrogen and oxygen atoms in total. The third-order valence-electron chi connectivity index (χ3n) is 2.94. The molecule has 0 fully saturated rings. The normalized spacial score (nSPS) is 11.9. The van der Waals surface area contributed by atoms with Crippen molar-refractivity contribution in [1.82, 2.24) is 20.8 Å². The van der Waals surface area contributed by atoms with E-state index in [2.05, 4.69) is 20.8 Å². The first-order valence-electron chi connectivity index (χ1n) is 7.02. The highest BCUT2D eigenvalue weighted by molar-refractivity contribution is 7.08. The minimum Gasteiger partial charge on any atom is -0.355 e. The molecule has 1 atom stereocenters. The molecule has 2 amide bonds. The Bertz CT molecular complexity index is 624. The van der Waals surface area contributed by atoms with Gasteiger partial charge in [-0.2, -0.15) is 16.3 Å². The van der Waals surface area contributed by atoms with Crippen molar-refractivity contribution < 1.29 is 14.1 Å². The third-order valence-corrected chi connectivity index (χ3v) is 3.62. The molecule has 2 N–H and O–H groups in total. The van der Waals surface area contributed by atoms with Gasteiger partial charge in [0, 0.05) is 30.3 Å². The fraction of sp³-hybridized carbons (Fsp3) is 0.429. The lowest BCUT2D eigenvalue weighted by atomic mass is 10.2. The van der Waals surface area contributed by atoms with Gasteiger partial charge in [0.05, 0.1) is 0 Å². The Kier molecular flexibility index (Phi) is 5.65. The summed E-state index contributed by atoms with van der Waals surface area (Å²) in [6, 6.07) is 1.34. The summed E-state index contributed by atoms with van der Waals surface area (Å²) in [7, 11) is 0. The molecule has 0 saturated carbocycles. The molecule has 2 rings (SSSR count). The molecule has 2 heterocycles. The lowest BCUT2D eigenvalue weighted by molar-refractivity contribution is -0.128. The van der Waals surface area contributed by atoms with E-state index in [1.807, 2.05) is 23.8 Å². The van der Waals surface area contributed by atoms with Gasteiger partial charge >= 0.3 is 0 Å². The van der Waals surface area contributed by atoms with E-state index in [0.717, 1.165) is 5.56 Å². The summed E-state index contributed by atoms with van der Waals surface area (Å²) in [5, 5.41) is 13.0. The number of hydrogen-bond donors (Lipinski definition) is 2. The Labute approximate surface area is 132 Å². The van der Waals surface area contributed by atoms with Crippen molar-refractivity contribution in [3.8, 4) is 11.4 Å². The molecular weight excluding hydrogens is 304 g/mol. The molecule has 0 spiro atoms. The van der Waals surface area contributed by atoms with Crippen LogP contribution in [-0.2, 0) is 16.0 Å². The van der Waals surface area contributed by atoms with Gasteiger partial charge in [0.25, 0.3) is 0 Å². The summed E-state index contributed by atoms with van der Waals surface area (Å²) in [5.41, 5.74) is 0.898. The lowest BCUT2D eigenvalue weighted by Gasteiger charge is -2.12. The fourth-order valence-electron chi connectivity index (χ4n) is 1.79. The second kappa shape index (κ2) is 7.69. The average molecular weight is 322 g/mol. The van der Waals surface area contributed by atoms with Crippen LogP contribution in [0, 0.1) is 0 Å². The fourth-order valence-corrected chi connectivity index (χ4v) is 2.43. The SMILES string of the molecule is CCNC(=O)[C@@H](C)NC(=O)CCc1nc(-c2ccsc2)no1. The standard InChI is InChI=1S/C14H18N4O3S/c1-3-15-14(20)9(2)16-11(19)4-5-12-17-13(18-21-12)10-6-7-22-8-10/h6-9H,3-5H2,1-2H3,(H,15,20)(H,16,19)/t9-/m1/s1. The lowest BCUT2D eigenvalue weighted by Crippen LogP contribution is -2.44. The number of carbonyl (C=O) groups excluding carboxylic acids is 2. The zero-order chi connectivity index (χ0) is 15.9. The molecule has 2 aromatic heterocycles. The number of likely N-dealkylation sites (N-methyl/N-ethyl adjacent to an activating group) is 1. The number of nitrogens with zero attached hydrogens (tertiary/aromatic N) is 2. The van der Waals surface area contributed by atoms with Crippen LogP contribution < -0.4 is 10.6 Å². The Morgan fingerprint density at radius 1 is 1.45 bits per heavy atom. The van der Waals surface area contributed by atoms with Crippen LogP contribution in [0.1, 0.15) is 26.2 Å². The molecule has 0 aliphatic heterocycles. The van der Waals surface area contributed by atoms with E-state index in [-0.39, 0.29) is 18.2 Å². The largest absolute Gasteiger partial charge is 0.355 e. The summed E-state index contributed by atoms with van der Waals surface area (Å²) < 4.78 is 5.11. The highest BCUT2D eigenvalue weighted by atomic mass is 32.1. The Morgan fingerprint density at radius 2 is 2.27 bits per heavy atom. The molecule has 8 heteroatoms. The number of aromatic nitrogens is 2. The summed E-state index contributed by atoms with van der Waals surface area (Å²) in [5.74, 6) is 0.497. The molecule has 0 bridgehead atoms. The Balaban J connectivity index is 1.80. The number of aryl methyl sites for hydroxylation is 1. The van der Waals surface area contributed by atoms with Gasteiger partial charge in [-0.15, -0.1) is 0 Å². The van der Waals surface area contributed by atoms with Crippen molar-refractivity contribution in [2.24, 2.45) is 0 Å². The predicted octanol–water partition coefficient (Wildman–Crippen LogP) is 1.37. The maximum absolute atomic E-state index is 11.8. The number of thiophene rings is 1. The summed E-state index contributed by atoms with van der Waals surface area (Å²) in [6.45, 7) is 4.00. The molecule has 0 saturated heterocycles. The molecule has 22 heavy (non-hydrogen) atoms. The first kappa shape index (κ1) is 16.2. The summed E-state index contributed by atoms with van der Waals surface area (Å²) in [4.78, 5) is 27.6. The molecule has 0 aliphatic rings. The van der Waals surface area contributed by atoms with Crippen LogP contribution in [0.5, 0.6) is 0 Å². The van der Waals surface area contributed by atoms with Gasteiger partial charge in [-0.1, -0.05) is 5.16 Å². The average Bonchev–Trinajstić information content (AvgIpc) is 3.16. The number of rotatable bonds is 7. The minimum absolute atomic E-state index is 0.189. The maximum Gasteiger partial charge on any atom is 0.242 e. The van der Waals surface area contributed by atoms with E-state index in [9.17, 15) is 9.59 Å². The molecule has 0 unspecified atom stereocenters.